The number of nitrogens with one attached hydrogen (secondary N) is 1. The number of hydrogen-bond acceptors (Lipinski definition) is 5. The Kier molecular flexibility index (Phi) is 4.98. The maximum absolute atomic E-state index is 11.1. The van der Waals surface area contributed by atoms with E-state index in [0.717, 1.165) is 6.07 Å². The van der Waals surface area contributed by atoms with Gasteiger partial charge in [-0.1, -0.05) is 6.07 Å². The van der Waals surface area contributed by atoms with Gasteiger partial charge < -0.3 is 20.2 Å². The van der Waals surface area contributed by atoms with E-state index in [1.807, 2.05) is 0 Å². The number of rotatable bonds is 6. The number of benzene rings is 2. The molecule has 2 aromatic carbocycles. The molecule has 0 bridgehead atoms. The molecular weight excluding hydrogens is 345 g/mol. The van der Waals surface area contributed by atoms with Crippen molar-refractivity contribution in [2.75, 3.05) is 18.0 Å². The van der Waals surface area contributed by atoms with Crippen molar-refractivity contribution in [2.45, 2.75) is 11.3 Å². The minimum atomic E-state index is -4.41. The van der Waals surface area contributed by atoms with Crippen LogP contribution in [0.1, 0.15) is 6.42 Å². The van der Waals surface area contributed by atoms with E-state index in [2.05, 4.69) is 5.32 Å². The third-order valence-corrected chi connectivity index (χ3v) is 4.89. The molecular formula is C13H16NO7PS. The summed E-state index contributed by atoms with van der Waals surface area (Å²) in [5.74, 6) is -0.297. The van der Waals surface area contributed by atoms with E-state index in [4.69, 9.17) is 14.3 Å². The number of phenolic OH excluding ortho intramolecular Hbond substituents is 1. The monoisotopic (exact) mass is 361 g/mol. The van der Waals surface area contributed by atoms with Crippen LogP contribution in [0.3, 0.4) is 0 Å². The van der Waals surface area contributed by atoms with Crippen LogP contribution in [0.15, 0.2) is 35.2 Å². The van der Waals surface area contributed by atoms with Gasteiger partial charge >= 0.3 is 7.60 Å². The van der Waals surface area contributed by atoms with Crippen LogP contribution in [-0.2, 0) is 14.7 Å². The quantitative estimate of drug-likeness (QED) is 0.297. The van der Waals surface area contributed by atoms with Crippen molar-refractivity contribution < 1.29 is 32.4 Å². The molecule has 0 saturated heterocycles. The summed E-state index contributed by atoms with van der Waals surface area (Å²) in [5.41, 5.74) is 0.609. The van der Waals surface area contributed by atoms with E-state index in [-0.39, 0.29) is 18.3 Å². The van der Waals surface area contributed by atoms with Crippen molar-refractivity contribution >= 4 is 34.2 Å². The Balaban J connectivity index is 2.19. The zero-order chi connectivity index (χ0) is 17.3. The molecule has 5 N–H and O–H groups in total. The SMILES string of the molecule is O=P(O)(O)CCCNc1ccc2cc(S(=O)(=O)O)cc(O)c2c1. The molecule has 8 nitrogen and oxygen atoms in total. The molecule has 0 atom stereocenters. The Labute approximate surface area is 132 Å². The molecule has 0 aliphatic rings. The minimum Gasteiger partial charge on any atom is -0.507 e. The van der Waals surface area contributed by atoms with Crippen LogP contribution in [-0.4, -0.2) is 40.6 Å². The molecule has 23 heavy (non-hydrogen) atoms. The Hall–Kier alpha value is -1.64. The lowest BCUT2D eigenvalue weighted by Crippen LogP contribution is -2.04. The summed E-state index contributed by atoms with van der Waals surface area (Å²) in [6.45, 7) is 0.334. The largest absolute Gasteiger partial charge is 0.507 e. The van der Waals surface area contributed by atoms with Crippen LogP contribution >= 0.6 is 7.60 Å². The first kappa shape index (κ1) is 17.7. The number of phenols is 1. The fraction of sp³-hybridized carbons (Fsp3) is 0.231. The summed E-state index contributed by atoms with van der Waals surface area (Å²) in [6, 6.07) is 6.97. The summed E-state index contributed by atoms with van der Waals surface area (Å²) >= 11 is 0. The van der Waals surface area contributed by atoms with Crippen LogP contribution in [0.5, 0.6) is 5.75 Å². The molecule has 0 saturated carbocycles. The molecule has 0 aromatic heterocycles. The topological polar surface area (TPSA) is 144 Å². The van der Waals surface area contributed by atoms with Gasteiger partial charge in [0.2, 0.25) is 0 Å². The fourth-order valence-corrected chi connectivity index (χ4v) is 3.19. The van der Waals surface area contributed by atoms with E-state index in [1.54, 1.807) is 18.2 Å². The second-order valence-electron chi connectivity index (χ2n) is 5.02. The molecule has 0 aliphatic carbocycles. The fourth-order valence-electron chi connectivity index (χ4n) is 2.09. The molecule has 126 valence electrons. The average Bonchev–Trinajstić information content (AvgIpc) is 2.42. The smallest absolute Gasteiger partial charge is 0.325 e. The summed E-state index contributed by atoms with van der Waals surface area (Å²) in [7, 11) is -8.42. The average molecular weight is 361 g/mol. The van der Waals surface area contributed by atoms with Crippen LogP contribution in [0, 0.1) is 0 Å². The first-order valence-corrected chi connectivity index (χ1v) is 9.83. The van der Waals surface area contributed by atoms with Crippen molar-refractivity contribution in [3.8, 4) is 5.75 Å². The summed E-state index contributed by atoms with van der Waals surface area (Å²) < 4.78 is 42.0. The second kappa shape index (κ2) is 6.46. The zero-order valence-corrected chi connectivity index (χ0v) is 13.6. The van der Waals surface area contributed by atoms with E-state index < -0.39 is 22.6 Å². The van der Waals surface area contributed by atoms with Gasteiger partial charge in [-0.25, -0.2) is 0 Å². The van der Waals surface area contributed by atoms with Gasteiger partial charge in [0.1, 0.15) is 5.75 Å². The van der Waals surface area contributed by atoms with Crippen LogP contribution in [0.4, 0.5) is 5.69 Å². The van der Waals surface area contributed by atoms with Crippen molar-refractivity contribution in [1.82, 2.24) is 0 Å². The van der Waals surface area contributed by atoms with Gasteiger partial charge in [0.25, 0.3) is 10.1 Å². The molecule has 0 spiro atoms. The number of aromatic hydroxyl groups is 1. The van der Waals surface area contributed by atoms with E-state index in [1.165, 1.54) is 6.07 Å². The van der Waals surface area contributed by atoms with Gasteiger partial charge in [0.15, 0.2) is 0 Å². The normalized spacial score (nSPS) is 12.5. The highest BCUT2D eigenvalue weighted by Gasteiger charge is 2.14. The van der Waals surface area contributed by atoms with Gasteiger partial charge in [0, 0.05) is 23.7 Å². The third-order valence-electron chi connectivity index (χ3n) is 3.16. The maximum Gasteiger partial charge on any atom is 0.325 e. The lowest BCUT2D eigenvalue weighted by Gasteiger charge is -2.10. The van der Waals surface area contributed by atoms with Gasteiger partial charge in [-0.3, -0.25) is 9.12 Å². The number of hydrogen-bond donors (Lipinski definition) is 5. The molecule has 2 aromatic rings. The van der Waals surface area contributed by atoms with Crippen LogP contribution < -0.4 is 5.32 Å². The first-order valence-electron chi connectivity index (χ1n) is 6.59. The Bertz CT molecular complexity index is 875. The first-order chi connectivity index (χ1) is 10.6. The van der Waals surface area contributed by atoms with Crippen molar-refractivity contribution in [3.63, 3.8) is 0 Å². The van der Waals surface area contributed by atoms with Gasteiger partial charge in [0.05, 0.1) is 11.1 Å². The number of anilines is 1. The predicted octanol–water partition coefficient (Wildman–Crippen LogP) is 1.77. The molecule has 0 fully saturated rings. The van der Waals surface area contributed by atoms with Crippen molar-refractivity contribution in [1.29, 1.82) is 0 Å². The Morgan fingerprint density at radius 3 is 2.43 bits per heavy atom. The molecule has 2 rings (SSSR count). The van der Waals surface area contributed by atoms with E-state index in [9.17, 15) is 18.1 Å². The Morgan fingerprint density at radius 1 is 1.13 bits per heavy atom. The summed E-state index contributed by atoms with van der Waals surface area (Å²) in [4.78, 5) is 17.1. The second-order valence-corrected chi connectivity index (χ2v) is 8.22. The predicted molar refractivity (Wildman–Crippen MR) is 85.4 cm³/mol. The van der Waals surface area contributed by atoms with Gasteiger partial charge in [-0.2, -0.15) is 8.42 Å². The molecule has 0 unspecified atom stereocenters. The molecule has 0 radical (unpaired) electrons. The third kappa shape index (κ3) is 4.92. The lowest BCUT2D eigenvalue weighted by atomic mass is 10.1. The summed E-state index contributed by atoms with van der Waals surface area (Å²) in [6.07, 6.45) is 0.0482. The van der Waals surface area contributed by atoms with Crippen molar-refractivity contribution in [3.05, 3.63) is 30.3 Å². The highest BCUT2D eigenvalue weighted by atomic mass is 32.2. The highest BCUT2D eigenvalue weighted by Crippen LogP contribution is 2.35. The lowest BCUT2D eigenvalue weighted by molar-refractivity contribution is 0.372. The molecule has 0 heterocycles. The van der Waals surface area contributed by atoms with Crippen LogP contribution in [0.25, 0.3) is 10.8 Å². The number of fused-ring (bicyclic) bond motifs is 1. The van der Waals surface area contributed by atoms with E-state index >= 15 is 0 Å². The minimum absolute atomic E-state index is 0.226. The molecule has 10 heteroatoms. The summed E-state index contributed by atoms with van der Waals surface area (Å²) in [5, 5.41) is 13.7. The highest BCUT2D eigenvalue weighted by molar-refractivity contribution is 7.85. The molecule has 0 amide bonds. The standard InChI is InChI=1S/C13H16NO7PS/c15-13-8-11(23(19,20)21)6-9-2-3-10(7-12(9)13)14-4-1-5-22(16,17)18/h2-3,6-8,14-15H,1,4-5H2,(H2,16,17,18)(H,19,20,21). The maximum atomic E-state index is 11.1. The zero-order valence-electron chi connectivity index (χ0n) is 11.9. The van der Waals surface area contributed by atoms with Gasteiger partial charge in [-0.15, -0.1) is 0 Å². The molecule has 0 aliphatic heterocycles. The van der Waals surface area contributed by atoms with Crippen molar-refractivity contribution in [2.24, 2.45) is 0 Å². The van der Waals surface area contributed by atoms with Gasteiger partial charge in [-0.05, 0) is 30.0 Å². The van der Waals surface area contributed by atoms with E-state index in [0.29, 0.717) is 23.0 Å². The Morgan fingerprint density at radius 2 is 1.83 bits per heavy atom. The van der Waals surface area contributed by atoms with Crippen LogP contribution in [0.2, 0.25) is 0 Å².